The molecule has 0 fully saturated rings. The molecule has 0 saturated heterocycles. The van der Waals surface area contributed by atoms with Crippen LogP contribution in [0, 0.1) is 6.92 Å². The summed E-state index contributed by atoms with van der Waals surface area (Å²) in [6, 6.07) is 13.0. The number of amides is 1. The van der Waals surface area contributed by atoms with Gasteiger partial charge in [-0.1, -0.05) is 49.7 Å². The normalized spacial score (nSPS) is 10.8. The van der Waals surface area contributed by atoms with E-state index in [1.165, 1.54) is 0 Å². The average Bonchev–Trinajstić information content (AvgIpc) is 2.47. The molecule has 5 heteroatoms. The number of nitrogens with two attached hydrogens (primary N) is 1. The third-order valence-electron chi connectivity index (χ3n) is 3.80. The molecule has 0 saturated carbocycles. The van der Waals surface area contributed by atoms with E-state index in [4.69, 9.17) is 17.3 Å². The van der Waals surface area contributed by atoms with Crippen LogP contribution < -0.4 is 11.1 Å². The SMILES string of the molecule is Cc1ccc(N)cc1C(=O)NCC(C)(C)c1ccccc1Cl.Cl. The number of hydrogen-bond donors (Lipinski definition) is 2. The van der Waals surface area contributed by atoms with Crippen LogP contribution >= 0.6 is 24.0 Å². The van der Waals surface area contributed by atoms with Crippen molar-refractivity contribution >= 4 is 35.6 Å². The van der Waals surface area contributed by atoms with Crippen LogP contribution in [0.1, 0.15) is 35.3 Å². The van der Waals surface area contributed by atoms with Gasteiger partial charge in [0.05, 0.1) is 0 Å². The maximum atomic E-state index is 12.4. The van der Waals surface area contributed by atoms with Crippen LogP contribution in [0.2, 0.25) is 5.02 Å². The third-order valence-corrected chi connectivity index (χ3v) is 4.13. The second-order valence-corrected chi connectivity index (χ2v) is 6.53. The largest absolute Gasteiger partial charge is 0.399 e. The third kappa shape index (κ3) is 4.63. The summed E-state index contributed by atoms with van der Waals surface area (Å²) in [5, 5.41) is 3.69. The summed E-state index contributed by atoms with van der Waals surface area (Å²) in [6.45, 7) is 6.50. The minimum Gasteiger partial charge on any atom is -0.399 e. The van der Waals surface area contributed by atoms with E-state index in [0.717, 1.165) is 11.1 Å². The monoisotopic (exact) mass is 352 g/mol. The zero-order valence-electron chi connectivity index (χ0n) is 13.5. The van der Waals surface area contributed by atoms with Gasteiger partial charge >= 0.3 is 0 Å². The van der Waals surface area contributed by atoms with Gasteiger partial charge in [-0.15, -0.1) is 12.4 Å². The fourth-order valence-electron chi connectivity index (χ4n) is 2.39. The first-order valence-corrected chi connectivity index (χ1v) is 7.58. The topological polar surface area (TPSA) is 55.1 Å². The first-order valence-electron chi connectivity index (χ1n) is 7.20. The number of carbonyl (C=O) groups is 1. The molecule has 23 heavy (non-hydrogen) atoms. The Bertz CT molecular complexity index is 699. The summed E-state index contributed by atoms with van der Waals surface area (Å²) in [5.74, 6) is -0.120. The number of anilines is 1. The lowest BCUT2D eigenvalue weighted by molar-refractivity contribution is 0.0945. The molecule has 2 rings (SSSR count). The molecule has 0 atom stereocenters. The molecule has 0 aliphatic carbocycles. The van der Waals surface area contributed by atoms with Gasteiger partial charge in [0.15, 0.2) is 0 Å². The second kappa shape index (κ2) is 7.71. The Morgan fingerprint density at radius 3 is 2.52 bits per heavy atom. The highest BCUT2D eigenvalue weighted by molar-refractivity contribution is 6.31. The Balaban J connectivity index is 0.00000264. The van der Waals surface area contributed by atoms with Crippen molar-refractivity contribution < 1.29 is 4.79 Å². The van der Waals surface area contributed by atoms with Gasteiger partial charge in [-0.3, -0.25) is 4.79 Å². The quantitative estimate of drug-likeness (QED) is 0.803. The van der Waals surface area contributed by atoms with Crippen LogP contribution in [0.15, 0.2) is 42.5 Å². The zero-order valence-corrected chi connectivity index (χ0v) is 15.1. The van der Waals surface area contributed by atoms with E-state index in [1.54, 1.807) is 12.1 Å². The molecular formula is C18H22Cl2N2O. The molecule has 2 aromatic carbocycles. The highest BCUT2D eigenvalue weighted by atomic mass is 35.5. The molecular weight excluding hydrogens is 331 g/mol. The van der Waals surface area contributed by atoms with Crippen molar-refractivity contribution in [3.8, 4) is 0 Å². The molecule has 0 aliphatic rings. The van der Waals surface area contributed by atoms with Gasteiger partial charge < -0.3 is 11.1 Å². The van der Waals surface area contributed by atoms with Gasteiger partial charge in [-0.25, -0.2) is 0 Å². The lowest BCUT2D eigenvalue weighted by atomic mass is 9.84. The Morgan fingerprint density at radius 1 is 1.22 bits per heavy atom. The highest BCUT2D eigenvalue weighted by Crippen LogP contribution is 2.29. The van der Waals surface area contributed by atoms with Gasteiger partial charge in [0, 0.05) is 28.2 Å². The van der Waals surface area contributed by atoms with E-state index in [1.807, 2.05) is 37.3 Å². The number of carbonyl (C=O) groups excluding carboxylic acids is 1. The van der Waals surface area contributed by atoms with E-state index < -0.39 is 0 Å². The first-order chi connectivity index (χ1) is 10.3. The van der Waals surface area contributed by atoms with E-state index in [0.29, 0.717) is 22.8 Å². The first kappa shape index (κ1) is 19.3. The summed E-state index contributed by atoms with van der Waals surface area (Å²) in [7, 11) is 0. The maximum absolute atomic E-state index is 12.4. The number of aryl methyl sites for hydroxylation is 1. The van der Waals surface area contributed by atoms with Crippen LogP contribution in [0.3, 0.4) is 0 Å². The molecule has 2 aromatic rings. The lowest BCUT2D eigenvalue weighted by Gasteiger charge is -2.27. The minimum atomic E-state index is -0.262. The predicted molar refractivity (Wildman–Crippen MR) is 99.7 cm³/mol. The molecule has 0 spiro atoms. The molecule has 0 aromatic heterocycles. The molecule has 0 bridgehead atoms. The number of nitrogen functional groups attached to an aromatic ring is 1. The molecule has 124 valence electrons. The zero-order chi connectivity index (χ0) is 16.3. The summed E-state index contributed by atoms with van der Waals surface area (Å²) in [6.07, 6.45) is 0. The van der Waals surface area contributed by atoms with Crippen molar-refractivity contribution in [2.45, 2.75) is 26.2 Å². The van der Waals surface area contributed by atoms with Gasteiger partial charge in [0.2, 0.25) is 0 Å². The van der Waals surface area contributed by atoms with Crippen LogP contribution in [0.5, 0.6) is 0 Å². The molecule has 3 nitrogen and oxygen atoms in total. The summed E-state index contributed by atoms with van der Waals surface area (Å²) >= 11 is 6.26. The summed E-state index contributed by atoms with van der Waals surface area (Å²) in [4.78, 5) is 12.4. The van der Waals surface area contributed by atoms with Crippen LogP contribution in [-0.2, 0) is 5.41 Å². The molecule has 0 aliphatic heterocycles. The standard InChI is InChI=1S/C18H21ClN2O.ClH/c1-12-8-9-13(20)10-14(12)17(22)21-11-18(2,3)15-6-4-5-7-16(15)19;/h4-10H,11,20H2,1-3H3,(H,21,22);1H. The Labute approximate surface area is 148 Å². The number of hydrogen-bond acceptors (Lipinski definition) is 2. The van der Waals surface area contributed by atoms with E-state index >= 15 is 0 Å². The summed E-state index contributed by atoms with van der Waals surface area (Å²) in [5.41, 5.74) is 8.61. The van der Waals surface area contributed by atoms with Crippen molar-refractivity contribution in [3.05, 3.63) is 64.2 Å². The van der Waals surface area contributed by atoms with Crippen molar-refractivity contribution in [1.29, 1.82) is 0 Å². The van der Waals surface area contributed by atoms with Crippen LogP contribution in [-0.4, -0.2) is 12.5 Å². The van der Waals surface area contributed by atoms with Crippen LogP contribution in [0.25, 0.3) is 0 Å². The van der Waals surface area contributed by atoms with Crippen LogP contribution in [0.4, 0.5) is 5.69 Å². The number of benzene rings is 2. The van der Waals surface area contributed by atoms with E-state index in [2.05, 4.69) is 19.2 Å². The predicted octanol–water partition coefficient (Wildman–Crippen LogP) is 4.36. The van der Waals surface area contributed by atoms with Gasteiger partial charge in [0.1, 0.15) is 0 Å². The summed E-state index contributed by atoms with van der Waals surface area (Å²) < 4.78 is 0. The number of nitrogens with one attached hydrogen (secondary N) is 1. The van der Waals surface area contributed by atoms with Crippen molar-refractivity contribution in [3.63, 3.8) is 0 Å². The minimum absolute atomic E-state index is 0. The Morgan fingerprint density at radius 2 is 1.87 bits per heavy atom. The van der Waals surface area contributed by atoms with Gasteiger partial charge in [0.25, 0.3) is 5.91 Å². The molecule has 0 radical (unpaired) electrons. The highest BCUT2D eigenvalue weighted by Gasteiger charge is 2.24. The lowest BCUT2D eigenvalue weighted by Crippen LogP contribution is -2.37. The Kier molecular flexibility index (Phi) is 6.48. The second-order valence-electron chi connectivity index (χ2n) is 6.12. The van der Waals surface area contributed by atoms with Crippen molar-refractivity contribution in [2.75, 3.05) is 12.3 Å². The van der Waals surface area contributed by atoms with E-state index in [-0.39, 0.29) is 23.7 Å². The molecule has 3 N–H and O–H groups in total. The number of halogens is 2. The smallest absolute Gasteiger partial charge is 0.251 e. The van der Waals surface area contributed by atoms with Gasteiger partial charge in [-0.2, -0.15) is 0 Å². The van der Waals surface area contributed by atoms with Crippen molar-refractivity contribution in [1.82, 2.24) is 5.32 Å². The molecule has 0 heterocycles. The van der Waals surface area contributed by atoms with Gasteiger partial charge in [-0.05, 0) is 36.2 Å². The number of rotatable bonds is 4. The fourth-order valence-corrected chi connectivity index (χ4v) is 2.78. The Hall–Kier alpha value is -1.71. The van der Waals surface area contributed by atoms with Crippen molar-refractivity contribution in [2.24, 2.45) is 0 Å². The fraction of sp³-hybridized carbons (Fsp3) is 0.278. The molecule has 1 amide bonds. The molecule has 0 unspecified atom stereocenters. The maximum Gasteiger partial charge on any atom is 0.251 e. The average molecular weight is 353 g/mol. The van der Waals surface area contributed by atoms with E-state index in [9.17, 15) is 4.79 Å².